The molecular formula is C21H12BBrN2O. The van der Waals surface area contributed by atoms with E-state index in [1.54, 1.807) is 12.1 Å². The Morgan fingerprint density at radius 2 is 1.65 bits per heavy atom. The zero-order valence-corrected chi connectivity index (χ0v) is 15.2. The highest BCUT2D eigenvalue weighted by atomic mass is 79.9. The molecule has 5 heteroatoms. The van der Waals surface area contributed by atoms with Crippen molar-refractivity contribution in [3.05, 3.63) is 65.1 Å². The average molecular weight is 399 g/mol. The van der Waals surface area contributed by atoms with Crippen LogP contribution in [-0.4, -0.2) is 22.9 Å². The summed E-state index contributed by atoms with van der Waals surface area (Å²) in [6.07, 6.45) is 0. The van der Waals surface area contributed by atoms with Crippen molar-refractivity contribution in [1.82, 2.24) is 9.97 Å². The van der Waals surface area contributed by atoms with Gasteiger partial charge in [-0.1, -0.05) is 57.8 Å². The SMILES string of the molecule is [B]c1ccc2c3ccc(Br)cc3c3[nH]c(-c4ccccc4O)nc3c2c1. The van der Waals surface area contributed by atoms with E-state index >= 15 is 0 Å². The van der Waals surface area contributed by atoms with Gasteiger partial charge in [0.25, 0.3) is 0 Å². The van der Waals surface area contributed by atoms with Crippen molar-refractivity contribution in [1.29, 1.82) is 0 Å². The maximum absolute atomic E-state index is 10.2. The Morgan fingerprint density at radius 3 is 2.50 bits per heavy atom. The van der Waals surface area contributed by atoms with Gasteiger partial charge in [0.05, 0.1) is 16.6 Å². The second-order valence-corrected chi connectivity index (χ2v) is 7.24. The van der Waals surface area contributed by atoms with Gasteiger partial charge in [-0.25, -0.2) is 4.98 Å². The van der Waals surface area contributed by atoms with E-state index < -0.39 is 0 Å². The quantitative estimate of drug-likeness (QED) is 0.315. The van der Waals surface area contributed by atoms with Gasteiger partial charge in [-0.3, -0.25) is 0 Å². The van der Waals surface area contributed by atoms with E-state index in [1.165, 1.54) is 0 Å². The molecule has 3 nitrogen and oxygen atoms in total. The number of nitrogens with zero attached hydrogens (tertiary/aromatic N) is 1. The van der Waals surface area contributed by atoms with E-state index in [1.807, 2.05) is 36.4 Å². The van der Waals surface area contributed by atoms with Crippen molar-refractivity contribution in [3.8, 4) is 17.1 Å². The maximum Gasteiger partial charge on any atom is 0.142 e. The lowest BCUT2D eigenvalue weighted by Crippen LogP contribution is -2.00. The van der Waals surface area contributed by atoms with E-state index in [0.717, 1.165) is 37.1 Å². The van der Waals surface area contributed by atoms with Gasteiger partial charge in [0.15, 0.2) is 0 Å². The number of benzene rings is 4. The highest BCUT2D eigenvalue weighted by molar-refractivity contribution is 9.10. The van der Waals surface area contributed by atoms with Gasteiger partial charge in [-0.15, -0.1) is 0 Å². The minimum Gasteiger partial charge on any atom is -0.507 e. The van der Waals surface area contributed by atoms with Crippen LogP contribution in [0.1, 0.15) is 0 Å². The largest absolute Gasteiger partial charge is 0.507 e. The zero-order chi connectivity index (χ0) is 17.8. The lowest BCUT2D eigenvalue weighted by atomic mass is 9.91. The Bertz CT molecular complexity index is 1250. The average Bonchev–Trinajstić information content (AvgIpc) is 3.08. The minimum atomic E-state index is 0.195. The molecule has 0 unspecified atom stereocenters. The number of aromatic nitrogens is 2. The third-order valence-corrected chi connectivity index (χ3v) is 5.20. The standard InChI is InChI=1S/C21H12BBrN2O/c22-11-5-7-13-14-8-6-12(23)10-17(14)20-19(16(13)9-11)24-21(25-20)15-3-1-2-4-18(15)26/h1-10,26H,(H,24,25). The topological polar surface area (TPSA) is 48.9 Å². The molecule has 0 bridgehead atoms. The Morgan fingerprint density at radius 1 is 0.885 bits per heavy atom. The molecule has 4 aromatic carbocycles. The van der Waals surface area contributed by atoms with E-state index in [2.05, 4.69) is 33.0 Å². The number of phenolic OH excluding ortho intramolecular Hbond substituents is 1. The number of imidazole rings is 1. The summed E-state index contributed by atoms with van der Waals surface area (Å²) in [5, 5.41) is 14.5. The van der Waals surface area contributed by atoms with Crippen LogP contribution in [0.2, 0.25) is 0 Å². The van der Waals surface area contributed by atoms with Crippen LogP contribution in [0.4, 0.5) is 0 Å². The molecule has 0 aliphatic carbocycles. The van der Waals surface area contributed by atoms with Crippen LogP contribution in [0.3, 0.4) is 0 Å². The van der Waals surface area contributed by atoms with Crippen molar-refractivity contribution in [2.24, 2.45) is 0 Å². The second kappa shape index (κ2) is 5.61. The van der Waals surface area contributed by atoms with Crippen molar-refractivity contribution >= 4 is 61.8 Å². The highest BCUT2D eigenvalue weighted by Gasteiger charge is 2.15. The van der Waals surface area contributed by atoms with Gasteiger partial charge in [0.2, 0.25) is 0 Å². The Balaban J connectivity index is 1.99. The zero-order valence-electron chi connectivity index (χ0n) is 13.6. The molecule has 0 saturated heterocycles. The van der Waals surface area contributed by atoms with Crippen LogP contribution in [0.5, 0.6) is 5.75 Å². The van der Waals surface area contributed by atoms with Gasteiger partial charge in [-0.05, 0) is 35.0 Å². The fourth-order valence-corrected chi connectivity index (χ4v) is 3.88. The predicted molar refractivity (Wildman–Crippen MR) is 111 cm³/mol. The fourth-order valence-electron chi connectivity index (χ4n) is 3.52. The van der Waals surface area contributed by atoms with E-state index in [0.29, 0.717) is 16.9 Å². The van der Waals surface area contributed by atoms with Gasteiger partial charge in [-0.2, -0.15) is 0 Å². The lowest BCUT2D eigenvalue weighted by Gasteiger charge is -2.07. The predicted octanol–water partition coefficient (Wildman–Crippen LogP) is 4.80. The summed E-state index contributed by atoms with van der Waals surface area (Å²) in [6, 6.07) is 19.3. The molecule has 122 valence electrons. The smallest absolute Gasteiger partial charge is 0.142 e. The molecule has 0 amide bonds. The molecule has 1 heterocycles. The number of hydrogen-bond donors (Lipinski definition) is 2. The first-order valence-electron chi connectivity index (χ1n) is 8.20. The van der Waals surface area contributed by atoms with Crippen molar-refractivity contribution < 1.29 is 5.11 Å². The van der Waals surface area contributed by atoms with Crippen molar-refractivity contribution in [2.45, 2.75) is 0 Å². The first-order valence-corrected chi connectivity index (χ1v) is 8.99. The molecule has 2 N–H and O–H groups in total. The third kappa shape index (κ3) is 2.24. The number of fused-ring (bicyclic) bond motifs is 6. The van der Waals surface area contributed by atoms with E-state index in [4.69, 9.17) is 12.8 Å². The van der Waals surface area contributed by atoms with Crippen LogP contribution >= 0.6 is 15.9 Å². The fraction of sp³-hybridized carbons (Fsp3) is 0. The number of para-hydroxylation sites is 1. The third-order valence-electron chi connectivity index (χ3n) is 4.70. The normalized spacial score (nSPS) is 11.6. The van der Waals surface area contributed by atoms with Gasteiger partial charge in [0, 0.05) is 15.2 Å². The summed E-state index contributed by atoms with van der Waals surface area (Å²) in [4.78, 5) is 8.21. The molecule has 0 spiro atoms. The number of H-pyrrole nitrogens is 1. The molecule has 0 saturated carbocycles. The summed E-state index contributed by atoms with van der Waals surface area (Å²) in [5.41, 5.74) is 3.14. The highest BCUT2D eigenvalue weighted by Crippen LogP contribution is 2.37. The van der Waals surface area contributed by atoms with Gasteiger partial charge >= 0.3 is 0 Å². The Labute approximate surface area is 159 Å². The molecule has 5 rings (SSSR count). The summed E-state index contributed by atoms with van der Waals surface area (Å²) in [6.45, 7) is 0. The van der Waals surface area contributed by atoms with Crippen molar-refractivity contribution in [3.63, 3.8) is 0 Å². The van der Waals surface area contributed by atoms with E-state index in [-0.39, 0.29) is 5.75 Å². The number of aromatic amines is 1. The van der Waals surface area contributed by atoms with Crippen LogP contribution in [0.15, 0.2) is 65.1 Å². The number of halogens is 1. The van der Waals surface area contributed by atoms with Crippen LogP contribution in [0.25, 0.3) is 44.0 Å². The molecule has 0 aliphatic heterocycles. The molecule has 2 radical (unpaired) electrons. The first-order chi connectivity index (χ1) is 12.6. The van der Waals surface area contributed by atoms with Crippen LogP contribution in [0, 0.1) is 0 Å². The Kier molecular flexibility index (Phi) is 3.34. The number of rotatable bonds is 1. The molecule has 0 fully saturated rings. The van der Waals surface area contributed by atoms with Gasteiger partial charge < -0.3 is 10.1 Å². The second-order valence-electron chi connectivity index (χ2n) is 6.32. The molecule has 0 aliphatic rings. The summed E-state index contributed by atoms with van der Waals surface area (Å²) < 4.78 is 1.000. The lowest BCUT2D eigenvalue weighted by molar-refractivity contribution is 0.477. The summed E-state index contributed by atoms with van der Waals surface area (Å²) in [7, 11) is 6.04. The van der Waals surface area contributed by atoms with Crippen LogP contribution in [-0.2, 0) is 0 Å². The van der Waals surface area contributed by atoms with Crippen molar-refractivity contribution in [2.75, 3.05) is 0 Å². The maximum atomic E-state index is 10.2. The monoisotopic (exact) mass is 398 g/mol. The van der Waals surface area contributed by atoms with E-state index in [9.17, 15) is 5.11 Å². The molecular weight excluding hydrogens is 387 g/mol. The Hall–Kier alpha value is -2.79. The summed E-state index contributed by atoms with van der Waals surface area (Å²) in [5.74, 6) is 0.829. The molecule has 1 aromatic heterocycles. The number of phenols is 1. The number of aromatic hydroxyl groups is 1. The van der Waals surface area contributed by atoms with Gasteiger partial charge in [0.1, 0.15) is 19.4 Å². The number of hydrogen-bond acceptors (Lipinski definition) is 2. The molecule has 0 atom stereocenters. The first kappa shape index (κ1) is 15.5. The summed E-state index contributed by atoms with van der Waals surface area (Å²) >= 11 is 3.56. The molecule has 26 heavy (non-hydrogen) atoms. The molecule has 5 aromatic rings. The number of nitrogens with one attached hydrogen (secondary N) is 1. The van der Waals surface area contributed by atoms with Crippen LogP contribution < -0.4 is 5.46 Å². The minimum absolute atomic E-state index is 0.195.